The van der Waals surface area contributed by atoms with Gasteiger partial charge in [-0.1, -0.05) is 13.8 Å². The largest absolute Gasteiger partial charge is 0.328 e. The van der Waals surface area contributed by atoms with Crippen LogP contribution in [0, 0.1) is 45.3 Å². The zero-order chi connectivity index (χ0) is 22.3. The van der Waals surface area contributed by atoms with Crippen molar-refractivity contribution in [3.05, 3.63) is 0 Å². The highest BCUT2D eigenvalue weighted by atomic mass is 15.4. The lowest BCUT2D eigenvalue weighted by Gasteiger charge is -2.64. The van der Waals surface area contributed by atoms with E-state index in [0.29, 0.717) is 5.41 Å². The average Bonchev–Trinajstić information content (AvgIpc) is 3.31. The third-order valence-electron chi connectivity index (χ3n) is 12.4. The Morgan fingerprint density at radius 3 is 2.23 bits per heavy atom. The Morgan fingerprint density at radius 2 is 1.58 bits per heavy atom. The van der Waals surface area contributed by atoms with Crippen molar-refractivity contribution in [2.45, 2.75) is 96.6 Å². The molecule has 1 aliphatic heterocycles. The summed E-state index contributed by atoms with van der Waals surface area (Å²) in [6.45, 7) is 7.94. The summed E-state index contributed by atoms with van der Waals surface area (Å²) < 4.78 is 2.39. The van der Waals surface area contributed by atoms with Crippen molar-refractivity contribution in [2.75, 3.05) is 41.3 Å². The Bertz CT molecular complexity index is 755. The van der Waals surface area contributed by atoms with Gasteiger partial charge in [-0.15, -0.1) is 0 Å². The van der Waals surface area contributed by atoms with E-state index < -0.39 is 0 Å². The fourth-order valence-corrected chi connectivity index (χ4v) is 10.7. The Hall–Kier alpha value is -0.590. The number of quaternary nitrogens is 2. The zero-order valence-corrected chi connectivity index (χ0v) is 21.4. The SMILES string of the molecule is C[C@]12CC[C@H]3[C@@H](CC[C@@]4(C#N)CC([N+]5(C)CCCC5)CC[C@]34C)[C@@H]1CC[C@@H]2[N+](C)(C)C. The van der Waals surface area contributed by atoms with Crippen molar-refractivity contribution in [1.82, 2.24) is 0 Å². The molecule has 0 radical (unpaired) electrons. The predicted octanol–water partition coefficient (Wildman–Crippen LogP) is 5.61. The van der Waals surface area contributed by atoms with Gasteiger partial charge in [-0.2, -0.15) is 5.26 Å². The highest BCUT2D eigenvalue weighted by Crippen LogP contribution is 2.70. The van der Waals surface area contributed by atoms with E-state index in [1.165, 1.54) is 88.2 Å². The van der Waals surface area contributed by atoms with Crippen molar-refractivity contribution in [2.24, 2.45) is 34.0 Å². The van der Waals surface area contributed by atoms with E-state index in [1.807, 2.05) is 0 Å². The van der Waals surface area contributed by atoms with Gasteiger partial charge < -0.3 is 8.97 Å². The monoisotopic (exact) mass is 427 g/mol. The molecule has 0 aromatic carbocycles. The lowest BCUT2D eigenvalue weighted by Crippen LogP contribution is -2.63. The van der Waals surface area contributed by atoms with E-state index in [4.69, 9.17) is 0 Å². The van der Waals surface area contributed by atoms with E-state index in [9.17, 15) is 5.26 Å². The van der Waals surface area contributed by atoms with Gasteiger partial charge in [0.05, 0.1) is 64.8 Å². The fraction of sp³-hybridized carbons (Fsp3) is 0.964. The summed E-state index contributed by atoms with van der Waals surface area (Å²) in [7, 11) is 9.79. The molecule has 5 aliphatic rings. The molecule has 0 N–H and O–H groups in total. The molecule has 174 valence electrons. The number of likely N-dealkylation sites (tertiary alicyclic amines) is 1. The summed E-state index contributed by atoms with van der Waals surface area (Å²) in [4.78, 5) is 0. The second-order valence-electron chi connectivity index (χ2n) is 14.3. The minimum atomic E-state index is -0.0627. The molecule has 1 saturated heterocycles. The van der Waals surface area contributed by atoms with Crippen molar-refractivity contribution in [3.63, 3.8) is 0 Å². The van der Waals surface area contributed by atoms with Gasteiger partial charge in [0.1, 0.15) is 0 Å². The predicted molar refractivity (Wildman–Crippen MR) is 127 cm³/mol. The van der Waals surface area contributed by atoms with Crippen molar-refractivity contribution in [1.29, 1.82) is 5.26 Å². The molecule has 3 heteroatoms. The first-order valence-corrected chi connectivity index (χ1v) is 13.6. The van der Waals surface area contributed by atoms with Gasteiger partial charge in [0.2, 0.25) is 0 Å². The van der Waals surface area contributed by atoms with Gasteiger partial charge in [-0.3, -0.25) is 0 Å². The molecule has 0 amide bonds. The maximum atomic E-state index is 10.7. The van der Waals surface area contributed by atoms with Gasteiger partial charge in [-0.25, -0.2) is 0 Å². The molecular weight excluding hydrogens is 378 g/mol. The van der Waals surface area contributed by atoms with E-state index >= 15 is 0 Å². The van der Waals surface area contributed by atoms with Crippen LogP contribution in [0.5, 0.6) is 0 Å². The van der Waals surface area contributed by atoms with Crippen LogP contribution in [-0.2, 0) is 0 Å². The molecule has 0 aromatic heterocycles. The maximum Gasteiger partial charge on any atom is 0.0941 e. The second-order valence-corrected chi connectivity index (χ2v) is 14.3. The average molecular weight is 428 g/mol. The van der Waals surface area contributed by atoms with Crippen LogP contribution in [0.4, 0.5) is 0 Å². The summed E-state index contributed by atoms with van der Waals surface area (Å²) in [6, 6.07) is 4.59. The van der Waals surface area contributed by atoms with Crippen molar-refractivity contribution < 1.29 is 8.97 Å². The van der Waals surface area contributed by atoms with Crippen LogP contribution in [0.2, 0.25) is 0 Å². The Labute approximate surface area is 192 Å². The molecular formula is C28H49N3+2. The molecule has 8 atom stereocenters. The minimum Gasteiger partial charge on any atom is -0.328 e. The van der Waals surface area contributed by atoms with E-state index in [1.54, 1.807) is 0 Å². The van der Waals surface area contributed by atoms with Crippen LogP contribution < -0.4 is 0 Å². The number of nitrogens with zero attached hydrogens (tertiary/aromatic N) is 3. The lowest BCUT2D eigenvalue weighted by atomic mass is 9.40. The second kappa shape index (κ2) is 6.96. The molecule has 5 fully saturated rings. The molecule has 31 heavy (non-hydrogen) atoms. The quantitative estimate of drug-likeness (QED) is 0.526. The zero-order valence-electron chi connectivity index (χ0n) is 21.4. The Kier molecular flexibility index (Phi) is 4.99. The Morgan fingerprint density at radius 1 is 0.871 bits per heavy atom. The molecule has 4 saturated carbocycles. The molecule has 3 nitrogen and oxygen atoms in total. The van der Waals surface area contributed by atoms with Crippen LogP contribution in [-0.4, -0.2) is 62.3 Å². The highest BCUT2D eigenvalue weighted by molar-refractivity contribution is 5.20. The van der Waals surface area contributed by atoms with Gasteiger partial charge in [0, 0.05) is 37.5 Å². The van der Waals surface area contributed by atoms with Crippen molar-refractivity contribution in [3.8, 4) is 6.07 Å². The number of rotatable bonds is 2. The van der Waals surface area contributed by atoms with Crippen LogP contribution in [0.3, 0.4) is 0 Å². The van der Waals surface area contributed by atoms with Crippen LogP contribution in [0.25, 0.3) is 0 Å². The van der Waals surface area contributed by atoms with Crippen LogP contribution in [0.1, 0.15) is 84.5 Å². The highest BCUT2D eigenvalue weighted by Gasteiger charge is 2.67. The van der Waals surface area contributed by atoms with E-state index in [0.717, 1.165) is 34.3 Å². The summed E-state index contributed by atoms with van der Waals surface area (Å²) in [6.07, 6.45) is 14.8. The minimum absolute atomic E-state index is 0.0627. The summed E-state index contributed by atoms with van der Waals surface area (Å²) in [5, 5.41) is 10.7. The van der Waals surface area contributed by atoms with Crippen molar-refractivity contribution >= 4 is 0 Å². The van der Waals surface area contributed by atoms with E-state index in [2.05, 4.69) is 48.1 Å². The van der Waals surface area contributed by atoms with Gasteiger partial charge >= 0.3 is 0 Å². The first kappa shape index (κ1) is 22.2. The first-order chi connectivity index (χ1) is 14.5. The number of hydrogen-bond acceptors (Lipinski definition) is 1. The Balaban J connectivity index is 1.43. The van der Waals surface area contributed by atoms with Gasteiger partial charge in [0.15, 0.2) is 0 Å². The molecule has 1 unspecified atom stereocenters. The molecule has 5 rings (SSSR count). The number of nitriles is 1. The maximum absolute atomic E-state index is 10.7. The van der Waals surface area contributed by atoms with Gasteiger partial charge in [0.25, 0.3) is 0 Å². The number of hydrogen-bond donors (Lipinski definition) is 0. The fourth-order valence-electron chi connectivity index (χ4n) is 10.7. The molecule has 0 bridgehead atoms. The normalized spacial score (nSPS) is 51.5. The standard InChI is InChI=1S/C28H49N3/c1-26-14-13-24-22(23(26)9-10-25(26)30(3,4)5)12-16-28(20-29)19-21(11-15-27(24,28)2)31(6)17-7-8-18-31/h21-25H,7-19H2,1-6H3/q+2/t21?,22-,23-,24-,25-,26-,27+,28-/m0/s1. The summed E-state index contributed by atoms with van der Waals surface area (Å²) >= 11 is 0. The molecule has 4 aliphatic carbocycles. The van der Waals surface area contributed by atoms with Crippen LogP contribution >= 0.6 is 0 Å². The first-order valence-electron chi connectivity index (χ1n) is 13.6. The smallest absolute Gasteiger partial charge is 0.0941 e. The molecule has 0 spiro atoms. The van der Waals surface area contributed by atoms with E-state index in [-0.39, 0.29) is 10.8 Å². The third-order valence-corrected chi connectivity index (χ3v) is 12.4. The van der Waals surface area contributed by atoms with Crippen LogP contribution in [0.15, 0.2) is 0 Å². The lowest BCUT2D eigenvalue weighted by molar-refractivity contribution is -0.924. The third kappa shape index (κ3) is 2.96. The summed E-state index contributed by atoms with van der Waals surface area (Å²) in [5.74, 6) is 2.55. The van der Waals surface area contributed by atoms with Gasteiger partial charge in [-0.05, 0) is 61.7 Å². The molecule has 1 heterocycles. The molecule has 0 aromatic rings. The number of fused-ring (bicyclic) bond motifs is 5. The summed E-state index contributed by atoms with van der Waals surface area (Å²) in [5.41, 5.74) is 0.691. The topological polar surface area (TPSA) is 23.8 Å².